The van der Waals surface area contributed by atoms with Gasteiger partial charge in [-0.25, -0.2) is 4.98 Å². The van der Waals surface area contributed by atoms with Crippen LogP contribution in [0.4, 0.5) is 11.8 Å². The highest BCUT2D eigenvalue weighted by atomic mass is 35.5. The molecule has 0 radical (unpaired) electrons. The van der Waals surface area contributed by atoms with Crippen LogP contribution in [0.1, 0.15) is 11.1 Å². The number of nitrogens with one attached hydrogen (secondary N) is 2. The van der Waals surface area contributed by atoms with Gasteiger partial charge in [0.1, 0.15) is 5.82 Å². The van der Waals surface area contributed by atoms with Crippen LogP contribution in [-0.2, 0) is 12.8 Å². The van der Waals surface area contributed by atoms with Crippen LogP contribution in [0.25, 0.3) is 0 Å². The van der Waals surface area contributed by atoms with Gasteiger partial charge in [-0.05, 0) is 42.2 Å². The van der Waals surface area contributed by atoms with Gasteiger partial charge in [0.15, 0.2) is 0 Å². The number of halogens is 1. The third kappa shape index (κ3) is 5.76. The minimum absolute atomic E-state index is 0.631. The summed E-state index contributed by atoms with van der Waals surface area (Å²) in [5.74, 6) is 1.46. The molecule has 0 amide bonds. The van der Waals surface area contributed by atoms with E-state index in [1.807, 2.05) is 30.3 Å². The second-order valence-corrected chi connectivity index (χ2v) is 6.17. The van der Waals surface area contributed by atoms with Crippen molar-refractivity contribution in [3.05, 3.63) is 83.0 Å². The third-order valence-electron chi connectivity index (χ3n) is 3.80. The predicted octanol–water partition coefficient (Wildman–Crippen LogP) is 4.44. The zero-order valence-electron chi connectivity index (χ0n) is 14.0. The molecule has 2 aromatic carbocycles. The van der Waals surface area contributed by atoms with Crippen molar-refractivity contribution in [2.24, 2.45) is 0 Å². The molecule has 0 saturated heterocycles. The highest BCUT2D eigenvalue weighted by molar-refractivity contribution is 6.30. The Morgan fingerprint density at radius 2 is 1.56 bits per heavy atom. The number of hydrogen-bond acceptors (Lipinski definition) is 4. The van der Waals surface area contributed by atoms with Crippen LogP contribution >= 0.6 is 11.6 Å². The van der Waals surface area contributed by atoms with Gasteiger partial charge in [-0.15, -0.1) is 0 Å². The second-order valence-electron chi connectivity index (χ2n) is 5.73. The molecule has 0 atom stereocenters. The fourth-order valence-electron chi connectivity index (χ4n) is 2.53. The Kier molecular flexibility index (Phi) is 6.23. The molecule has 0 aliphatic heterocycles. The van der Waals surface area contributed by atoms with E-state index in [4.69, 9.17) is 11.6 Å². The van der Waals surface area contributed by atoms with Crippen LogP contribution in [-0.4, -0.2) is 23.1 Å². The molecule has 25 heavy (non-hydrogen) atoms. The van der Waals surface area contributed by atoms with Crippen molar-refractivity contribution in [2.45, 2.75) is 12.8 Å². The summed E-state index contributed by atoms with van der Waals surface area (Å²) in [4.78, 5) is 8.76. The maximum absolute atomic E-state index is 6.00. The Labute approximate surface area is 153 Å². The molecule has 0 aliphatic carbocycles. The largest absolute Gasteiger partial charge is 0.370 e. The van der Waals surface area contributed by atoms with E-state index in [1.165, 1.54) is 11.1 Å². The molecule has 0 fully saturated rings. The molecule has 5 heteroatoms. The smallest absolute Gasteiger partial charge is 0.224 e. The fraction of sp³-hybridized carbons (Fsp3) is 0.200. The number of hydrogen-bond donors (Lipinski definition) is 2. The Bertz CT molecular complexity index is 792. The van der Waals surface area contributed by atoms with Gasteiger partial charge < -0.3 is 10.6 Å². The van der Waals surface area contributed by atoms with Crippen LogP contribution in [0.15, 0.2) is 66.9 Å². The van der Waals surface area contributed by atoms with Crippen molar-refractivity contribution in [3.8, 4) is 0 Å². The predicted molar refractivity (Wildman–Crippen MR) is 104 cm³/mol. The van der Waals surface area contributed by atoms with E-state index in [0.717, 1.165) is 36.8 Å². The molecule has 3 rings (SSSR count). The van der Waals surface area contributed by atoms with Gasteiger partial charge in [-0.2, -0.15) is 4.98 Å². The first-order valence-electron chi connectivity index (χ1n) is 8.39. The zero-order valence-corrected chi connectivity index (χ0v) is 14.7. The van der Waals surface area contributed by atoms with Gasteiger partial charge in [0.05, 0.1) is 0 Å². The monoisotopic (exact) mass is 352 g/mol. The van der Waals surface area contributed by atoms with Crippen LogP contribution in [0, 0.1) is 0 Å². The lowest BCUT2D eigenvalue weighted by Crippen LogP contribution is -2.11. The topological polar surface area (TPSA) is 49.8 Å². The molecule has 0 spiro atoms. The van der Waals surface area contributed by atoms with Crippen molar-refractivity contribution in [2.75, 3.05) is 23.7 Å². The summed E-state index contributed by atoms with van der Waals surface area (Å²) in [5, 5.41) is 7.36. The second kappa shape index (κ2) is 9.04. The normalized spacial score (nSPS) is 10.4. The molecular weight excluding hydrogens is 332 g/mol. The maximum Gasteiger partial charge on any atom is 0.224 e. The van der Waals surface area contributed by atoms with Crippen molar-refractivity contribution in [1.82, 2.24) is 9.97 Å². The van der Waals surface area contributed by atoms with E-state index in [9.17, 15) is 0 Å². The van der Waals surface area contributed by atoms with Crippen molar-refractivity contribution >= 4 is 23.4 Å². The first-order valence-corrected chi connectivity index (χ1v) is 8.76. The third-order valence-corrected chi connectivity index (χ3v) is 4.04. The SMILES string of the molecule is Clc1cccc(CCNc2nccc(NCCc3ccccc3)n2)c1. The first kappa shape index (κ1) is 17.2. The zero-order chi connectivity index (χ0) is 17.3. The van der Waals surface area contributed by atoms with Crippen LogP contribution in [0.5, 0.6) is 0 Å². The number of aromatic nitrogens is 2. The fourth-order valence-corrected chi connectivity index (χ4v) is 2.75. The Hall–Kier alpha value is -2.59. The minimum atomic E-state index is 0.631. The lowest BCUT2D eigenvalue weighted by atomic mass is 10.1. The van der Waals surface area contributed by atoms with E-state index in [0.29, 0.717) is 5.95 Å². The number of rotatable bonds is 8. The average Bonchev–Trinajstić information content (AvgIpc) is 2.63. The lowest BCUT2D eigenvalue weighted by molar-refractivity contribution is 0.970. The molecule has 0 aliphatic rings. The van der Waals surface area contributed by atoms with Gasteiger partial charge in [0.25, 0.3) is 0 Å². The molecule has 128 valence electrons. The summed E-state index contributed by atoms with van der Waals surface area (Å²) in [6.45, 7) is 1.59. The van der Waals surface area contributed by atoms with Gasteiger partial charge in [-0.3, -0.25) is 0 Å². The van der Waals surface area contributed by atoms with Gasteiger partial charge in [0, 0.05) is 24.3 Å². The summed E-state index contributed by atoms with van der Waals surface area (Å²) in [5.41, 5.74) is 2.50. The van der Waals surface area contributed by atoms with E-state index in [1.54, 1.807) is 6.20 Å². The van der Waals surface area contributed by atoms with Crippen LogP contribution < -0.4 is 10.6 Å². The quantitative estimate of drug-likeness (QED) is 0.629. The van der Waals surface area contributed by atoms with Gasteiger partial charge in [-0.1, -0.05) is 54.1 Å². The summed E-state index contributed by atoms with van der Waals surface area (Å²) >= 11 is 6.00. The number of nitrogens with zero attached hydrogens (tertiary/aromatic N) is 2. The summed E-state index contributed by atoms with van der Waals surface area (Å²) in [6.07, 6.45) is 3.59. The summed E-state index contributed by atoms with van der Waals surface area (Å²) in [7, 11) is 0. The molecule has 0 bridgehead atoms. The number of anilines is 2. The Balaban J connectivity index is 1.46. The highest BCUT2D eigenvalue weighted by Crippen LogP contribution is 2.11. The van der Waals surface area contributed by atoms with Gasteiger partial charge >= 0.3 is 0 Å². The average molecular weight is 353 g/mol. The summed E-state index contributed by atoms with van der Waals surface area (Å²) in [6, 6.07) is 20.2. The minimum Gasteiger partial charge on any atom is -0.370 e. The van der Waals surface area contributed by atoms with Crippen molar-refractivity contribution in [1.29, 1.82) is 0 Å². The maximum atomic E-state index is 6.00. The first-order chi connectivity index (χ1) is 12.3. The van der Waals surface area contributed by atoms with Gasteiger partial charge in [0.2, 0.25) is 5.95 Å². The molecule has 1 heterocycles. The number of benzene rings is 2. The van der Waals surface area contributed by atoms with Crippen LogP contribution in [0.2, 0.25) is 5.02 Å². The Morgan fingerprint density at radius 3 is 2.40 bits per heavy atom. The molecule has 0 saturated carbocycles. The molecule has 2 N–H and O–H groups in total. The summed E-state index contributed by atoms with van der Waals surface area (Å²) < 4.78 is 0. The molecular formula is C20H21ClN4. The molecule has 4 nitrogen and oxygen atoms in total. The van der Waals surface area contributed by atoms with E-state index in [-0.39, 0.29) is 0 Å². The molecule has 3 aromatic rings. The van der Waals surface area contributed by atoms with Crippen LogP contribution in [0.3, 0.4) is 0 Å². The molecule has 1 aromatic heterocycles. The van der Waals surface area contributed by atoms with Crippen molar-refractivity contribution < 1.29 is 0 Å². The molecule has 0 unspecified atom stereocenters. The Morgan fingerprint density at radius 1 is 0.800 bits per heavy atom. The van der Waals surface area contributed by atoms with Crippen molar-refractivity contribution in [3.63, 3.8) is 0 Å². The van der Waals surface area contributed by atoms with E-state index >= 15 is 0 Å². The standard InChI is InChI=1S/C20H21ClN4/c21-18-8-4-7-17(15-18)10-13-23-20-24-14-11-19(25-20)22-12-9-16-5-2-1-3-6-16/h1-8,11,14-15H,9-10,12-13H2,(H2,22,23,24,25). The highest BCUT2D eigenvalue weighted by Gasteiger charge is 2.00. The lowest BCUT2D eigenvalue weighted by Gasteiger charge is -2.09. The van der Waals surface area contributed by atoms with E-state index in [2.05, 4.69) is 50.9 Å². The van der Waals surface area contributed by atoms with E-state index < -0.39 is 0 Å².